The quantitative estimate of drug-likeness (QED) is 0.157. The molecule has 7 heteroatoms. The van der Waals surface area contributed by atoms with Crippen LogP contribution in [0.5, 0.6) is 23.0 Å². The Bertz CT molecular complexity index is 3020. The van der Waals surface area contributed by atoms with Crippen molar-refractivity contribution in [2.75, 3.05) is 9.80 Å². The van der Waals surface area contributed by atoms with Crippen molar-refractivity contribution in [3.63, 3.8) is 0 Å². The molecular formula is C52H31BN4O2. The van der Waals surface area contributed by atoms with E-state index in [0.717, 1.165) is 95.1 Å². The minimum absolute atomic E-state index is 0.231. The Morgan fingerprint density at radius 1 is 0.356 bits per heavy atom. The maximum Gasteiger partial charge on any atom is 0.262 e. The maximum absolute atomic E-state index is 9.92. The van der Waals surface area contributed by atoms with Gasteiger partial charge in [0, 0.05) is 51.1 Å². The van der Waals surface area contributed by atoms with Crippen LogP contribution >= 0.6 is 0 Å². The number of anilines is 6. The second-order valence-electron chi connectivity index (χ2n) is 14.7. The summed E-state index contributed by atoms with van der Waals surface area (Å²) in [6.07, 6.45) is 0. The molecule has 0 saturated heterocycles. The van der Waals surface area contributed by atoms with Crippen LogP contribution in [0, 0.1) is 22.7 Å². The van der Waals surface area contributed by atoms with E-state index in [1.807, 2.05) is 103 Å². The Morgan fingerprint density at radius 3 is 1.19 bits per heavy atom. The summed E-state index contributed by atoms with van der Waals surface area (Å²) in [6.45, 7) is -0.231. The van der Waals surface area contributed by atoms with E-state index >= 15 is 0 Å². The molecule has 0 bridgehead atoms. The van der Waals surface area contributed by atoms with E-state index in [1.54, 1.807) is 0 Å². The molecule has 0 spiro atoms. The van der Waals surface area contributed by atoms with E-state index in [-0.39, 0.29) is 6.71 Å². The molecule has 11 rings (SSSR count). The van der Waals surface area contributed by atoms with E-state index in [4.69, 9.17) is 9.47 Å². The van der Waals surface area contributed by atoms with Crippen LogP contribution in [0.25, 0.3) is 21.5 Å². The molecule has 0 saturated carbocycles. The van der Waals surface area contributed by atoms with Crippen LogP contribution in [-0.4, -0.2) is 6.71 Å². The zero-order valence-corrected chi connectivity index (χ0v) is 31.6. The maximum atomic E-state index is 9.92. The van der Waals surface area contributed by atoms with Gasteiger partial charge in [0.1, 0.15) is 23.0 Å². The summed E-state index contributed by atoms with van der Waals surface area (Å²) in [4.78, 5) is 4.41. The largest absolute Gasteiger partial charge is 0.458 e. The SMILES string of the molecule is N#Cc1cccc(N(c2ccccc2)c2cc3c(c4ccccc24)B2c4c(cccc4Oc4cc(N(c5ccccc5)c5cccc(C#N)c5)c5ccccc5c42)O3)c1. The first-order chi connectivity index (χ1) is 29.2. The van der Waals surface area contributed by atoms with Crippen molar-refractivity contribution in [2.45, 2.75) is 0 Å². The molecule has 0 unspecified atom stereocenters. The van der Waals surface area contributed by atoms with Crippen LogP contribution in [0.15, 0.2) is 188 Å². The van der Waals surface area contributed by atoms with Crippen molar-refractivity contribution in [1.82, 2.24) is 0 Å². The number of nitrogens with zero attached hydrogens (tertiary/aromatic N) is 4. The summed E-state index contributed by atoms with van der Waals surface area (Å²) in [5.74, 6) is 3.01. The second kappa shape index (κ2) is 13.7. The first kappa shape index (κ1) is 34.0. The highest BCUT2D eigenvalue weighted by molar-refractivity contribution is 7.01. The van der Waals surface area contributed by atoms with Gasteiger partial charge in [-0.2, -0.15) is 10.5 Å². The number of nitriles is 2. The van der Waals surface area contributed by atoms with Gasteiger partial charge in [0.05, 0.1) is 34.6 Å². The topological polar surface area (TPSA) is 72.5 Å². The molecule has 6 nitrogen and oxygen atoms in total. The fourth-order valence-corrected chi connectivity index (χ4v) is 8.94. The van der Waals surface area contributed by atoms with Gasteiger partial charge in [0.2, 0.25) is 0 Å². The zero-order chi connectivity index (χ0) is 39.5. The van der Waals surface area contributed by atoms with Gasteiger partial charge in [-0.1, -0.05) is 103 Å². The molecule has 274 valence electrons. The first-order valence-corrected chi connectivity index (χ1v) is 19.5. The third kappa shape index (κ3) is 5.49. The van der Waals surface area contributed by atoms with Crippen molar-refractivity contribution in [3.8, 4) is 35.1 Å². The standard InChI is InChI=1S/C52H31BN4O2/c54-32-34-14-11-20-38(28-34)56(36-16-3-1-4-17-36)44-30-48-50(42-24-9-7-22-40(42)44)53-51-43-25-10-8-23-41(43)45(31-49(51)59-47-27-13-26-46(58-48)52(47)53)57(37-18-5-2-6-19-37)39-21-12-15-35(29-39)33-55/h1-31H. The fraction of sp³-hybridized carbons (Fsp3) is 0. The minimum atomic E-state index is -0.231. The Morgan fingerprint density at radius 2 is 0.746 bits per heavy atom. The highest BCUT2D eigenvalue weighted by Crippen LogP contribution is 2.47. The Hall–Kier alpha value is -8.26. The molecule has 0 aromatic heterocycles. The monoisotopic (exact) mass is 754 g/mol. The predicted octanol–water partition coefficient (Wildman–Crippen LogP) is 11.4. The van der Waals surface area contributed by atoms with E-state index in [9.17, 15) is 10.5 Å². The van der Waals surface area contributed by atoms with E-state index in [0.29, 0.717) is 11.1 Å². The van der Waals surface area contributed by atoms with Crippen molar-refractivity contribution in [1.29, 1.82) is 10.5 Å². The lowest BCUT2D eigenvalue weighted by molar-refractivity contribution is 0.465. The number of para-hydroxylation sites is 2. The Labute approximate surface area is 341 Å². The van der Waals surface area contributed by atoms with E-state index in [2.05, 4.69) is 107 Å². The molecule has 0 N–H and O–H groups in total. The van der Waals surface area contributed by atoms with Crippen LogP contribution in [0.1, 0.15) is 11.1 Å². The van der Waals surface area contributed by atoms with Gasteiger partial charge >= 0.3 is 0 Å². The highest BCUT2D eigenvalue weighted by atomic mass is 16.5. The van der Waals surface area contributed by atoms with Crippen LogP contribution in [0.4, 0.5) is 34.1 Å². The Balaban J connectivity index is 1.19. The fourth-order valence-electron chi connectivity index (χ4n) is 8.94. The number of hydrogen-bond donors (Lipinski definition) is 0. The molecule has 9 aromatic rings. The lowest BCUT2D eigenvalue weighted by Gasteiger charge is -2.37. The second-order valence-corrected chi connectivity index (χ2v) is 14.7. The predicted molar refractivity (Wildman–Crippen MR) is 238 cm³/mol. The molecule has 2 heterocycles. The van der Waals surface area contributed by atoms with Gasteiger partial charge in [-0.25, -0.2) is 0 Å². The number of ether oxygens (including phenoxy) is 2. The van der Waals surface area contributed by atoms with Gasteiger partial charge in [-0.3, -0.25) is 0 Å². The molecule has 2 aliphatic rings. The van der Waals surface area contributed by atoms with Crippen molar-refractivity contribution < 1.29 is 9.47 Å². The summed E-state index contributed by atoms with van der Waals surface area (Å²) in [6, 6.07) is 68.0. The highest BCUT2D eigenvalue weighted by Gasteiger charge is 2.43. The van der Waals surface area contributed by atoms with E-state index < -0.39 is 0 Å². The van der Waals surface area contributed by atoms with Gasteiger partial charge in [-0.15, -0.1) is 0 Å². The third-order valence-corrected chi connectivity index (χ3v) is 11.4. The molecule has 0 atom stereocenters. The van der Waals surface area contributed by atoms with Crippen molar-refractivity contribution in [3.05, 3.63) is 199 Å². The average Bonchev–Trinajstić information content (AvgIpc) is 3.30. The van der Waals surface area contributed by atoms with Gasteiger partial charge < -0.3 is 19.3 Å². The van der Waals surface area contributed by atoms with Gasteiger partial charge in [-0.05, 0) is 94.5 Å². The molecule has 0 amide bonds. The normalized spacial score (nSPS) is 11.9. The first-order valence-electron chi connectivity index (χ1n) is 19.5. The average molecular weight is 755 g/mol. The molecule has 2 aliphatic heterocycles. The molecule has 0 fully saturated rings. The van der Waals surface area contributed by atoms with Crippen LogP contribution in [0.3, 0.4) is 0 Å². The van der Waals surface area contributed by atoms with Crippen LogP contribution in [-0.2, 0) is 0 Å². The molecule has 0 radical (unpaired) electrons. The number of rotatable bonds is 6. The van der Waals surface area contributed by atoms with Crippen molar-refractivity contribution >= 4 is 78.8 Å². The third-order valence-electron chi connectivity index (χ3n) is 11.4. The number of benzene rings is 9. The minimum Gasteiger partial charge on any atom is -0.458 e. The summed E-state index contributed by atoms with van der Waals surface area (Å²) < 4.78 is 13.9. The molecular weight excluding hydrogens is 723 g/mol. The lowest BCUT2D eigenvalue weighted by Crippen LogP contribution is -2.58. The van der Waals surface area contributed by atoms with Crippen LogP contribution < -0.4 is 35.7 Å². The zero-order valence-electron chi connectivity index (χ0n) is 31.6. The summed E-state index contributed by atoms with van der Waals surface area (Å²) in [5.41, 5.74) is 9.82. The van der Waals surface area contributed by atoms with Gasteiger partial charge in [0.25, 0.3) is 6.71 Å². The lowest BCUT2D eigenvalue weighted by atomic mass is 9.33. The van der Waals surface area contributed by atoms with E-state index in [1.165, 1.54) is 0 Å². The molecule has 59 heavy (non-hydrogen) atoms. The number of hydrogen-bond acceptors (Lipinski definition) is 6. The van der Waals surface area contributed by atoms with Gasteiger partial charge in [0.15, 0.2) is 0 Å². The summed E-state index contributed by atoms with van der Waals surface area (Å²) >= 11 is 0. The molecule has 0 aliphatic carbocycles. The summed E-state index contributed by atoms with van der Waals surface area (Å²) in [5, 5.41) is 24.0. The molecule has 9 aromatic carbocycles. The Kier molecular flexibility index (Phi) is 7.93. The van der Waals surface area contributed by atoms with Crippen molar-refractivity contribution in [2.24, 2.45) is 0 Å². The number of fused-ring (bicyclic) bond motifs is 8. The summed E-state index contributed by atoms with van der Waals surface area (Å²) in [7, 11) is 0. The smallest absolute Gasteiger partial charge is 0.262 e. The van der Waals surface area contributed by atoms with Crippen LogP contribution in [0.2, 0.25) is 0 Å².